The number of amides is 1. The Bertz CT molecular complexity index is 958. The topological polar surface area (TPSA) is 45.2 Å². The Kier molecular flexibility index (Phi) is 4.13. The van der Waals surface area contributed by atoms with Crippen molar-refractivity contribution in [1.29, 1.82) is 0 Å². The van der Waals surface area contributed by atoms with Crippen LogP contribution in [0.25, 0.3) is 0 Å². The molecule has 0 spiro atoms. The molecule has 1 N–H and O–H groups in total. The molecule has 130 valence electrons. The molecule has 1 amide bonds. The van der Waals surface area contributed by atoms with Crippen LogP contribution in [0.1, 0.15) is 33.3 Å². The van der Waals surface area contributed by atoms with Crippen molar-refractivity contribution in [3.8, 4) is 0 Å². The number of aromatic nitrogens is 1. The van der Waals surface area contributed by atoms with Crippen molar-refractivity contribution in [2.75, 3.05) is 5.32 Å². The van der Waals surface area contributed by atoms with Crippen molar-refractivity contribution in [2.45, 2.75) is 19.6 Å². The highest BCUT2D eigenvalue weighted by molar-refractivity contribution is 5.98. The van der Waals surface area contributed by atoms with Crippen molar-refractivity contribution in [3.63, 3.8) is 0 Å². The van der Waals surface area contributed by atoms with E-state index >= 15 is 0 Å². The second-order valence-corrected chi connectivity index (χ2v) is 6.36. The Labute approximate surface area is 151 Å². The number of aryl methyl sites for hydroxylation is 1. The van der Waals surface area contributed by atoms with E-state index in [-0.39, 0.29) is 11.7 Å². The summed E-state index contributed by atoms with van der Waals surface area (Å²) in [7, 11) is 0. The first kappa shape index (κ1) is 16.3. The fourth-order valence-electron chi connectivity index (χ4n) is 3.26. The minimum absolute atomic E-state index is 0.0609. The van der Waals surface area contributed by atoms with Crippen LogP contribution >= 0.6 is 0 Å². The number of halogens is 1. The fourth-order valence-corrected chi connectivity index (χ4v) is 3.26. The molecule has 26 heavy (non-hydrogen) atoms. The van der Waals surface area contributed by atoms with E-state index < -0.39 is 6.17 Å². The summed E-state index contributed by atoms with van der Waals surface area (Å²) in [6, 6.07) is 18.0. The second kappa shape index (κ2) is 6.59. The molecule has 0 aliphatic carbocycles. The Morgan fingerprint density at radius 3 is 2.69 bits per heavy atom. The molecule has 5 heteroatoms. The van der Waals surface area contributed by atoms with Crippen LogP contribution in [-0.4, -0.2) is 15.8 Å². The lowest BCUT2D eigenvalue weighted by Crippen LogP contribution is -2.32. The van der Waals surface area contributed by atoms with Gasteiger partial charge in [0.25, 0.3) is 5.91 Å². The number of nitrogens with one attached hydrogen (secondary N) is 1. The first-order valence-electron chi connectivity index (χ1n) is 8.46. The van der Waals surface area contributed by atoms with E-state index in [0.29, 0.717) is 17.8 Å². The minimum atomic E-state index is -0.400. The van der Waals surface area contributed by atoms with Gasteiger partial charge >= 0.3 is 0 Å². The molecule has 1 unspecified atom stereocenters. The van der Waals surface area contributed by atoms with Crippen molar-refractivity contribution in [1.82, 2.24) is 9.88 Å². The maximum absolute atomic E-state index is 13.4. The van der Waals surface area contributed by atoms with E-state index in [1.807, 2.05) is 37.3 Å². The maximum Gasteiger partial charge on any atom is 0.258 e. The van der Waals surface area contributed by atoms with Crippen LogP contribution in [0.3, 0.4) is 0 Å². The Morgan fingerprint density at radius 1 is 1.12 bits per heavy atom. The SMILES string of the molecule is Cc1cc(F)ccc1NC1c2ncccc2C(=O)N1Cc1ccccc1. The predicted octanol–water partition coefficient (Wildman–Crippen LogP) is 4.30. The third-order valence-corrected chi connectivity index (χ3v) is 4.58. The average Bonchev–Trinajstić information content (AvgIpc) is 2.91. The molecular weight excluding hydrogens is 329 g/mol. The number of carbonyl (C=O) groups excluding carboxylic acids is 1. The number of fused-ring (bicyclic) bond motifs is 1. The summed E-state index contributed by atoms with van der Waals surface area (Å²) in [6.45, 7) is 2.30. The summed E-state index contributed by atoms with van der Waals surface area (Å²) in [5.41, 5.74) is 3.89. The number of rotatable bonds is 4. The van der Waals surface area contributed by atoms with Crippen LogP contribution in [0.2, 0.25) is 0 Å². The number of pyridine rings is 1. The predicted molar refractivity (Wildman–Crippen MR) is 98.1 cm³/mol. The van der Waals surface area contributed by atoms with Crippen molar-refractivity contribution < 1.29 is 9.18 Å². The first-order chi connectivity index (χ1) is 12.6. The molecule has 3 aromatic rings. The highest BCUT2D eigenvalue weighted by Gasteiger charge is 2.38. The van der Waals surface area contributed by atoms with E-state index in [0.717, 1.165) is 16.8 Å². The lowest BCUT2D eigenvalue weighted by molar-refractivity contribution is 0.0727. The first-order valence-corrected chi connectivity index (χ1v) is 8.46. The number of hydrogen-bond acceptors (Lipinski definition) is 3. The van der Waals surface area contributed by atoms with E-state index in [4.69, 9.17) is 0 Å². The lowest BCUT2D eigenvalue weighted by Gasteiger charge is -2.27. The zero-order valence-electron chi connectivity index (χ0n) is 14.3. The minimum Gasteiger partial charge on any atom is -0.360 e. The van der Waals surface area contributed by atoms with E-state index in [1.165, 1.54) is 12.1 Å². The second-order valence-electron chi connectivity index (χ2n) is 6.36. The van der Waals surface area contributed by atoms with Crippen LogP contribution < -0.4 is 5.32 Å². The number of benzene rings is 2. The van der Waals surface area contributed by atoms with Gasteiger partial charge in [-0.05, 0) is 48.4 Å². The van der Waals surface area contributed by atoms with Crippen LogP contribution in [0, 0.1) is 12.7 Å². The molecule has 1 atom stereocenters. The van der Waals surface area contributed by atoms with Gasteiger partial charge in [0, 0.05) is 18.4 Å². The highest BCUT2D eigenvalue weighted by atomic mass is 19.1. The molecule has 0 fully saturated rings. The molecule has 0 bridgehead atoms. The molecule has 4 nitrogen and oxygen atoms in total. The smallest absolute Gasteiger partial charge is 0.258 e. The van der Waals surface area contributed by atoms with Crippen LogP contribution in [0.15, 0.2) is 66.9 Å². The zero-order chi connectivity index (χ0) is 18.1. The summed E-state index contributed by atoms with van der Waals surface area (Å²) in [5, 5.41) is 3.37. The molecule has 2 aromatic carbocycles. The summed E-state index contributed by atoms with van der Waals surface area (Å²) in [4.78, 5) is 19.1. The monoisotopic (exact) mass is 347 g/mol. The van der Waals surface area contributed by atoms with Crippen LogP contribution in [0.4, 0.5) is 10.1 Å². The van der Waals surface area contributed by atoms with Gasteiger partial charge in [-0.2, -0.15) is 0 Å². The summed E-state index contributed by atoms with van der Waals surface area (Å²) in [6.07, 6.45) is 1.28. The van der Waals surface area contributed by atoms with Gasteiger partial charge in [0.15, 0.2) is 0 Å². The normalized spacial score (nSPS) is 15.8. The lowest BCUT2D eigenvalue weighted by atomic mass is 10.1. The third kappa shape index (κ3) is 2.92. The molecular formula is C21H18FN3O. The largest absolute Gasteiger partial charge is 0.360 e. The molecule has 1 aromatic heterocycles. The Balaban J connectivity index is 1.71. The standard InChI is InChI=1S/C21H18FN3O/c1-14-12-16(22)9-10-18(14)24-20-19-17(8-5-11-23-19)21(26)25(20)13-15-6-3-2-4-7-15/h2-12,20,24H,13H2,1H3. The molecule has 0 saturated heterocycles. The number of carbonyl (C=O) groups is 1. The van der Waals surface area contributed by atoms with E-state index in [2.05, 4.69) is 10.3 Å². The van der Waals surface area contributed by atoms with Gasteiger partial charge < -0.3 is 10.2 Å². The van der Waals surface area contributed by atoms with Crippen LogP contribution in [-0.2, 0) is 6.54 Å². The fraction of sp³-hybridized carbons (Fsp3) is 0.143. The average molecular weight is 347 g/mol. The summed E-state index contributed by atoms with van der Waals surface area (Å²) in [5.74, 6) is -0.343. The summed E-state index contributed by atoms with van der Waals surface area (Å²) < 4.78 is 13.4. The van der Waals surface area contributed by atoms with Crippen LogP contribution in [0.5, 0.6) is 0 Å². The van der Waals surface area contributed by atoms with Gasteiger partial charge in [0.05, 0.1) is 11.3 Å². The quantitative estimate of drug-likeness (QED) is 0.765. The van der Waals surface area contributed by atoms with E-state index in [9.17, 15) is 9.18 Å². The van der Waals surface area contributed by atoms with Crippen molar-refractivity contribution in [3.05, 3.63) is 95.1 Å². The number of hydrogen-bond donors (Lipinski definition) is 1. The number of nitrogens with zero attached hydrogens (tertiary/aromatic N) is 2. The Hall–Kier alpha value is -3.21. The van der Waals surface area contributed by atoms with Crippen molar-refractivity contribution >= 4 is 11.6 Å². The molecule has 4 rings (SSSR count). The molecule has 2 heterocycles. The van der Waals surface area contributed by atoms with Crippen molar-refractivity contribution in [2.24, 2.45) is 0 Å². The van der Waals surface area contributed by atoms with Gasteiger partial charge in [-0.1, -0.05) is 30.3 Å². The summed E-state index contributed by atoms with van der Waals surface area (Å²) >= 11 is 0. The third-order valence-electron chi connectivity index (χ3n) is 4.58. The van der Waals surface area contributed by atoms with Gasteiger partial charge in [-0.15, -0.1) is 0 Å². The molecule has 0 saturated carbocycles. The van der Waals surface area contributed by atoms with Gasteiger partial charge in [0.2, 0.25) is 0 Å². The molecule has 1 aliphatic heterocycles. The number of anilines is 1. The Morgan fingerprint density at radius 2 is 1.92 bits per heavy atom. The van der Waals surface area contributed by atoms with Gasteiger partial charge in [0.1, 0.15) is 12.0 Å². The highest BCUT2D eigenvalue weighted by Crippen LogP contribution is 2.34. The maximum atomic E-state index is 13.4. The van der Waals surface area contributed by atoms with E-state index in [1.54, 1.807) is 29.3 Å². The zero-order valence-corrected chi connectivity index (χ0v) is 14.3. The molecule has 1 aliphatic rings. The van der Waals surface area contributed by atoms with Gasteiger partial charge in [-0.3, -0.25) is 9.78 Å². The van der Waals surface area contributed by atoms with Gasteiger partial charge in [-0.25, -0.2) is 4.39 Å². The molecule has 0 radical (unpaired) electrons.